The van der Waals surface area contributed by atoms with E-state index in [1.54, 1.807) is 30.5 Å². The van der Waals surface area contributed by atoms with Crippen LogP contribution in [0.25, 0.3) is 0 Å². The van der Waals surface area contributed by atoms with Crippen molar-refractivity contribution >= 4 is 17.1 Å². The summed E-state index contributed by atoms with van der Waals surface area (Å²) in [7, 11) is 0. The summed E-state index contributed by atoms with van der Waals surface area (Å²) < 4.78 is 13.2. The molecule has 76 valence electrons. The van der Waals surface area contributed by atoms with Crippen molar-refractivity contribution in [1.29, 1.82) is 0 Å². The Balaban J connectivity index is 2.39. The SMILES string of the molecule is Cc1ccc(C(=O)c2ccsc2)cc1F. The molecule has 1 nitrogen and oxygen atoms in total. The number of hydrogen-bond acceptors (Lipinski definition) is 2. The van der Waals surface area contributed by atoms with Gasteiger partial charge >= 0.3 is 0 Å². The molecule has 0 saturated heterocycles. The minimum atomic E-state index is -0.337. The van der Waals surface area contributed by atoms with E-state index in [4.69, 9.17) is 0 Å². The van der Waals surface area contributed by atoms with Crippen LogP contribution < -0.4 is 0 Å². The lowest BCUT2D eigenvalue weighted by Gasteiger charge is -2.00. The second kappa shape index (κ2) is 3.95. The summed E-state index contributed by atoms with van der Waals surface area (Å²) in [6.45, 7) is 1.67. The summed E-state index contributed by atoms with van der Waals surface area (Å²) in [5, 5.41) is 3.60. The molecular formula is C12H9FOS. The molecule has 0 radical (unpaired) electrons. The first-order chi connectivity index (χ1) is 7.18. The maximum absolute atomic E-state index is 13.2. The van der Waals surface area contributed by atoms with Gasteiger partial charge in [-0.25, -0.2) is 4.39 Å². The Morgan fingerprint density at radius 3 is 2.67 bits per heavy atom. The van der Waals surface area contributed by atoms with Gasteiger partial charge in [-0.1, -0.05) is 12.1 Å². The van der Waals surface area contributed by atoms with Crippen LogP contribution in [0, 0.1) is 12.7 Å². The van der Waals surface area contributed by atoms with Gasteiger partial charge in [-0.2, -0.15) is 11.3 Å². The third kappa shape index (κ3) is 1.97. The molecule has 0 unspecified atom stereocenters. The summed E-state index contributed by atoms with van der Waals surface area (Å²) in [4.78, 5) is 11.8. The van der Waals surface area contributed by atoms with Crippen LogP contribution in [0.15, 0.2) is 35.0 Å². The van der Waals surface area contributed by atoms with Gasteiger partial charge < -0.3 is 0 Å². The van der Waals surface area contributed by atoms with Crippen molar-refractivity contribution in [2.75, 3.05) is 0 Å². The zero-order valence-corrected chi connectivity index (χ0v) is 8.98. The fourth-order valence-electron chi connectivity index (χ4n) is 1.29. The van der Waals surface area contributed by atoms with E-state index in [0.717, 1.165) is 0 Å². The van der Waals surface area contributed by atoms with Gasteiger partial charge in [0, 0.05) is 16.5 Å². The molecule has 0 saturated carbocycles. The van der Waals surface area contributed by atoms with Gasteiger partial charge in [-0.15, -0.1) is 0 Å². The number of halogens is 1. The largest absolute Gasteiger partial charge is 0.289 e. The predicted molar refractivity (Wildman–Crippen MR) is 58.9 cm³/mol. The third-order valence-electron chi connectivity index (χ3n) is 2.22. The van der Waals surface area contributed by atoms with Crippen molar-refractivity contribution in [3.63, 3.8) is 0 Å². The number of aryl methyl sites for hydroxylation is 1. The predicted octanol–water partition coefficient (Wildman–Crippen LogP) is 3.43. The van der Waals surface area contributed by atoms with Crippen LogP contribution in [0.3, 0.4) is 0 Å². The van der Waals surface area contributed by atoms with E-state index < -0.39 is 0 Å². The van der Waals surface area contributed by atoms with Crippen LogP contribution in [-0.2, 0) is 0 Å². The lowest BCUT2D eigenvalue weighted by atomic mass is 10.0. The van der Waals surface area contributed by atoms with Crippen molar-refractivity contribution in [3.8, 4) is 0 Å². The number of carbonyl (C=O) groups is 1. The molecule has 0 aliphatic rings. The topological polar surface area (TPSA) is 17.1 Å². The molecule has 0 N–H and O–H groups in total. The molecular weight excluding hydrogens is 211 g/mol. The Morgan fingerprint density at radius 1 is 1.27 bits per heavy atom. The Bertz CT molecular complexity index is 488. The molecule has 0 aliphatic carbocycles. The lowest BCUT2D eigenvalue weighted by Crippen LogP contribution is -2.00. The van der Waals surface area contributed by atoms with E-state index in [2.05, 4.69) is 0 Å². The number of thiophene rings is 1. The molecule has 1 heterocycles. The molecule has 0 aliphatic heterocycles. The van der Waals surface area contributed by atoms with Crippen molar-refractivity contribution in [3.05, 3.63) is 57.5 Å². The molecule has 0 bridgehead atoms. The van der Waals surface area contributed by atoms with Crippen molar-refractivity contribution in [2.45, 2.75) is 6.92 Å². The van der Waals surface area contributed by atoms with E-state index in [-0.39, 0.29) is 11.6 Å². The summed E-state index contributed by atoms with van der Waals surface area (Å²) in [5.74, 6) is -0.466. The van der Waals surface area contributed by atoms with Crippen LogP contribution in [0.2, 0.25) is 0 Å². The summed E-state index contributed by atoms with van der Waals surface area (Å²) >= 11 is 1.46. The minimum absolute atomic E-state index is 0.129. The molecule has 2 rings (SSSR count). The second-order valence-electron chi connectivity index (χ2n) is 3.31. The lowest BCUT2D eigenvalue weighted by molar-refractivity contribution is 0.103. The zero-order valence-electron chi connectivity index (χ0n) is 8.16. The van der Waals surface area contributed by atoms with E-state index in [1.807, 2.05) is 5.38 Å². The van der Waals surface area contributed by atoms with Gasteiger partial charge in [-0.05, 0) is 30.0 Å². The first-order valence-electron chi connectivity index (χ1n) is 4.51. The average Bonchev–Trinajstić information content (AvgIpc) is 2.74. The maximum Gasteiger partial charge on any atom is 0.193 e. The van der Waals surface area contributed by atoms with Crippen molar-refractivity contribution in [2.24, 2.45) is 0 Å². The van der Waals surface area contributed by atoms with Crippen molar-refractivity contribution in [1.82, 2.24) is 0 Å². The Morgan fingerprint density at radius 2 is 2.07 bits per heavy atom. The highest BCUT2D eigenvalue weighted by Crippen LogP contribution is 2.15. The van der Waals surface area contributed by atoms with Crippen LogP contribution in [0.5, 0.6) is 0 Å². The summed E-state index contributed by atoms with van der Waals surface area (Å²) in [5.41, 5.74) is 1.57. The second-order valence-corrected chi connectivity index (χ2v) is 4.09. The maximum atomic E-state index is 13.2. The highest BCUT2D eigenvalue weighted by molar-refractivity contribution is 7.08. The number of benzene rings is 1. The van der Waals surface area contributed by atoms with Gasteiger partial charge in [0.2, 0.25) is 0 Å². The molecule has 1 aromatic heterocycles. The summed E-state index contributed by atoms with van der Waals surface area (Å²) in [6.07, 6.45) is 0. The van der Waals surface area contributed by atoms with Crippen LogP contribution in [0.1, 0.15) is 21.5 Å². The fourth-order valence-corrected chi connectivity index (χ4v) is 1.93. The van der Waals surface area contributed by atoms with Crippen LogP contribution in [-0.4, -0.2) is 5.78 Å². The smallest absolute Gasteiger partial charge is 0.193 e. The third-order valence-corrected chi connectivity index (χ3v) is 2.90. The molecule has 1 aromatic carbocycles. The van der Waals surface area contributed by atoms with Gasteiger partial charge in [0.15, 0.2) is 5.78 Å². The normalized spacial score (nSPS) is 10.3. The quantitative estimate of drug-likeness (QED) is 0.709. The van der Waals surface area contributed by atoms with E-state index >= 15 is 0 Å². The number of hydrogen-bond donors (Lipinski definition) is 0. The van der Waals surface area contributed by atoms with Gasteiger partial charge in [-0.3, -0.25) is 4.79 Å². The highest BCUT2D eigenvalue weighted by Gasteiger charge is 2.10. The molecule has 0 atom stereocenters. The molecule has 0 spiro atoms. The standard InChI is InChI=1S/C12H9FOS/c1-8-2-3-9(6-11(8)13)12(14)10-4-5-15-7-10/h2-7H,1H3. The number of ketones is 1. The first kappa shape index (κ1) is 10.1. The first-order valence-corrected chi connectivity index (χ1v) is 5.46. The average molecular weight is 220 g/mol. The van der Waals surface area contributed by atoms with Crippen LogP contribution >= 0.6 is 11.3 Å². The monoisotopic (exact) mass is 220 g/mol. The van der Waals surface area contributed by atoms with Crippen molar-refractivity contribution < 1.29 is 9.18 Å². The number of rotatable bonds is 2. The molecule has 0 fully saturated rings. The van der Waals surface area contributed by atoms with Gasteiger partial charge in [0.05, 0.1) is 0 Å². The van der Waals surface area contributed by atoms with Gasteiger partial charge in [0.1, 0.15) is 5.82 Å². The summed E-state index contributed by atoms with van der Waals surface area (Å²) in [6, 6.07) is 6.30. The van der Waals surface area contributed by atoms with E-state index in [1.165, 1.54) is 17.4 Å². The zero-order chi connectivity index (χ0) is 10.8. The molecule has 15 heavy (non-hydrogen) atoms. The Kier molecular flexibility index (Phi) is 2.64. The van der Waals surface area contributed by atoms with E-state index in [0.29, 0.717) is 16.7 Å². The van der Waals surface area contributed by atoms with E-state index in [9.17, 15) is 9.18 Å². The number of carbonyl (C=O) groups excluding carboxylic acids is 1. The Labute approximate surface area is 91.2 Å². The molecule has 2 aromatic rings. The minimum Gasteiger partial charge on any atom is -0.289 e. The van der Waals surface area contributed by atoms with Crippen LogP contribution in [0.4, 0.5) is 4.39 Å². The molecule has 0 amide bonds. The molecule has 3 heteroatoms. The fraction of sp³-hybridized carbons (Fsp3) is 0.0833. The highest BCUT2D eigenvalue weighted by atomic mass is 32.1. The van der Waals surface area contributed by atoms with Gasteiger partial charge in [0.25, 0.3) is 0 Å². The Hall–Kier alpha value is -1.48.